The van der Waals surface area contributed by atoms with Crippen molar-refractivity contribution in [3.8, 4) is 5.75 Å². The fraction of sp³-hybridized carbons (Fsp3) is 0.417. The third-order valence-electron chi connectivity index (χ3n) is 2.90. The van der Waals surface area contributed by atoms with Crippen molar-refractivity contribution < 1.29 is 9.53 Å². The van der Waals surface area contributed by atoms with E-state index in [0.29, 0.717) is 12.1 Å². The zero-order valence-corrected chi connectivity index (χ0v) is 9.32. The lowest BCUT2D eigenvalue weighted by atomic mass is 9.93. The summed E-state index contributed by atoms with van der Waals surface area (Å²) in [6.45, 7) is 0.579. The number of methoxy groups -OCH3 is 1. The summed E-state index contributed by atoms with van der Waals surface area (Å²) < 4.78 is 5.28. The van der Waals surface area contributed by atoms with E-state index in [-0.39, 0.29) is 11.9 Å². The molecular formula is C12H16N2O2. The van der Waals surface area contributed by atoms with Crippen LogP contribution in [0.5, 0.6) is 5.75 Å². The zero-order valence-electron chi connectivity index (χ0n) is 9.32. The molecule has 1 aliphatic heterocycles. The second-order valence-electron chi connectivity index (χ2n) is 3.94. The summed E-state index contributed by atoms with van der Waals surface area (Å²) >= 11 is 0. The van der Waals surface area contributed by atoms with E-state index in [4.69, 9.17) is 10.5 Å². The first kappa shape index (κ1) is 11.0. The first-order chi connectivity index (χ1) is 7.76. The number of rotatable bonds is 3. The first-order valence-corrected chi connectivity index (χ1v) is 5.43. The SMILES string of the molecule is COc1cccc2c1CC(CCN)NC2=O. The van der Waals surface area contributed by atoms with E-state index < -0.39 is 0 Å². The van der Waals surface area contributed by atoms with Gasteiger partial charge in [-0.05, 0) is 31.5 Å². The lowest BCUT2D eigenvalue weighted by Crippen LogP contribution is -2.42. The predicted molar refractivity (Wildman–Crippen MR) is 61.6 cm³/mol. The molecule has 4 nitrogen and oxygen atoms in total. The van der Waals surface area contributed by atoms with Crippen LogP contribution in [0.2, 0.25) is 0 Å². The van der Waals surface area contributed by atoms with Gasteiger partial charge in [-0.2, -0.15) is 0 Å². The molecule has 3 N–H and O–H groups in total. The van der Waals surface area contributed by atoms with Crippen LogP contribution in [0.25, 0.3) is 0 Å². The molecular weight excluding hydrogens is 204 g/mol. The van der Waals surface area contributed by atoms with Crippen molar-refractivity contribution in [3.63, 3.8) is 0 Å². The molecule has 16 heavy (non-hydrogen) atoms. The maximum absolute atomic E-state index is 11.8. The average molecular weight is 220 g/mol. The van der Waals surface area contributed by atoms with Gasteiger partial charge in [-0.3, -0.25) is 4.79 Å². The number of carbonyl (C=O) groups is 1. The molecule has 2 rings (SSSR count). The lowest BCUT2D eigenvalue weighted by molar-refractivity contribution is 0.0922. The van der Waals surface area contributed by atoms with Gasteiger partial charge in [0, 0.05) is 17.2 Å². The molecule has 0 aromatic heterocycles. The Hall–Kier alpha value is -1.55. The van der Waals surface area contributed by atoms with Crippen LogP contribution < -0.4 is 15.8 Å². The number of ether oxygens (including phenoxy) is 1. The van der Waals surface area contributed by atoms with Gasteiger partial charge < -0.3 is 15.8 Å². The van der Waals surface area contributed by atoms with Crippen LogP contribution in [-0.4, -0.2) is 25.6 Å². The molecule has 0 bridgehead atoms. The Kier molecular flexibility index (Phi) is 3.10. The Labute approximate surface area is 94.8 Å². The summed E-state index contributed by atoms with van der Waals surface area (Å²) in [7, 11) is 1.63. The highest BCUT2D eigenvalue weighted by molar-refractivity contribution is 5.97. The van der Waals surface area contributed by atoms with E-state index in [2.05, 4.69) is 5.32 Å². The molecule has 0 fully saturated rings. The molecule has 1 amide bonds. The summed E-state index contributed by atoms with van der Waals surface area (Å²) in [5.41, 5.74) is 7.22. The number of hydrogen-bond acceptors (Lipinski definition) is 3. The molecule has 0 spiro atoms. The minimum Gasteiger partial charge on any atom is -0.496 e. The molecule has 1 atom stereocenters. The van der Waals surface area contributed by atoms with Crippen molar-refractivity contribution in [2.75, 3.05) is 13.7 Å². The quantitative estimate of drug-likeness (QED) is 0.788. The molecule has 1 aromatic rings. The van der Waals surface area contributed by atoms with Crippen LogP contribution >= 0.6 is 0 Å². The number of benzene rings is 1. The van der Waals surface area contributed by atoms with Gasteiger partial charge in [0.25, 0.3) is 5.91 Å². The first-order valence-electron chi connectivity index (χ1n) is 5.43. The molecule has 1 unspecified atom stereocenters. The van der Waals surface area contributed by atoms with Crippen molar-refractivity contribution in [2.45, 2.75) is 18.9 Å². The van der Waals surface area contributed by atoms with E-state index in [1.165, 1.54) is 0 Å². The summed E-state index contributed by atoms with van der Waals surface area (Å²) in [5, 5.41) is 2.95. The van der Waals surface area contributed by atoms with Gasteiger partial charge in [-0.1, -0.05) is 6.07 Å². The predicted octanol–water partition coefficient (Wildman–Crippen LogP) is 0.699. The normalized spacial score (nSPS) is 18.9. The molecule has 0 aliphatic carbocycles. The van der Waals surface area contributed by atoms with Gasteiger partial charge >= 0.3 is 0 Å². The number of nitrogens with one attached hydrogen (secondary N) is 1. The molecule has 1 aromatic carbocycles. The van der Waals surface area contributed by atoms with Gasteiger partial charge in [0.1, 0.15) is 5.75 Å². The molecule has 0 saturated carbocycles. The van der Waals surface area contributed by atoms with Crippen LogP contribution in [-0.2, 0) is 6.42 Å². The monoisotopic (exact) mass is 220 g/mol. The van der Waals surface area contributed by atoms with E-state index in [0.717, 1.165) is 24.2 Å². The summed E-state index contributed by atoms with van der Waals surface area (Å²) in [6, 6.07) is 5.67. The van der Waals surface area contributed by atoms with E-state index in [1.54, 1.807) is 7.11 Å². The van der Waals surface area contributed by atoms with E-state index in [1.807, 2.05) is 18.2 Å². The largest absolute Gasteiger partial charge is 0.496 e. The lowest BCUT2D eigenvalue weighted by Gasteiger charge is -2.26. The Morgan fingerprint density at radius 3 is 3.06 bits per heavy atom. The molecule has 0 saturated heterocycles. The number of carbonyl (C=O) groups excluding carboxylic acids is 1. The highest BCUT2D eigenvalue weighted by Gasteiger charge is 2.25. The van der Waals surface area contributed by atoms with Gasteiger partial charge in [-0.25, -0.2) is 0 Å². The second kappa shape index (κ2) is 4.53. The average Bonchev–Trinajstić information content (AvgIpc) is 2.29. The summed E-state index contributed by atoms with van der Waals surface area (Å²) in [5.74, 6) is 0.757. The zero-order chi connectivity index (χ0) is 11.5. The minimum absolute atomic E-state index is 0.0291. The van der Waals surface area contributed by atoms with Crippen LogP contribution in [0.4, 0.5) is 0 Å². The molecule has 4 heteroatoms. The highest BCUT2D eigenvalue weighted by Crippen LogP contribution is 2.27. The number of nitrogens with two attached hydrogens (primary N) is 1. The van der Waals surface area contributed by atoms with Crippen molar-refractivity contribution in [1.29, 1.82) is 0 Å². The van der Waals surface area contributed by atoms with Crippen molar-refractivity contribution in [1.82, 2.24) is 5.32 Å². The minimum atomic E-state index is -0.0291. The van der Waals surface area contributed by atoms with Gasteiger partial charge in [0.15, 0.2) is 0 Å². The molecule has 1 aliphatic rings. The standard InChI is InChI=1S/C12H16N2O2/c1-16-11-4-2-3-9-10(11)7-8(5-6-13)14-12(9)15/h2-4,8H,5-7,13H2,1H3,(H,14,15). The smallest absolute Gasteiger partial charge is 0.251 e. The fourth-order valence-corrected chi connectivity index (χ4v) is 2.12. The number of fused-ring (bicyclic) bond motifs is 1. The fourth-order valence-electron chi connectivity index (χ4n) is 2.12. The van der Waals surface area contributed by atoms with Gasteiger partial charge in [-0.15, -0.1) is 0 Å². The number of amides is 1. The van der Waals surface area contributed by atoms with E-state index >= 15 is 0 Å². The summed E-state index contributed by atoms with van der Waals surface area (Å²) in [6.07, 6.45) is 1.59. The van der Waals surface area contributed by atoms with Gasteiger partial charge in [0.05, 0.1) is 7.11 Å². The van der Waals surface area contributed by atoms with Crippen LogP contribution in [0.3, 0.4) is 0 Å². The van der Waals surface area contributed by atoms with Crippen molar-refractivity contribution in [3.05, 3.63) is 29.3 Å². The Morgan fingerprint density at radius 1 is 1.56 bits per heavy atom. The van der Waals surface area contributed by atoms with Crippen LogP contribution in [0, 0.1) is 0 Å². The molecule has 1 heterocycles. The number of hydrogen-bond donors (Lipinski definition) is 2. The maximum Gasteiger partial charge on any atom is 0.251 e. The second-order valence-corrected chi connectivity index (χ2v) is 3.94. The Bertz CT molecular complexity index is 404. The highest BCUT2D eigenvalue weighted by atomic mass is 16.5. The van der Waals surface area contributed by atoms with Gasteiger partial charge in [0.2, 0.25) is 0 Å². The van der Waals surface area contributed by atoms with Crippen molar-refractivity contribution in [2.24, 2.45) is 5.73 Å². The van der Waals surface area contributed by atoms with Crippen molar-refractivity contribution >= 4 is 5.91 Å². The summed E-state index contributed by atoms with van der Waals surface area (Å²) in [4.78, 5) is 11.8. The van der Waals surface area contributed by atoms with E-state index in [9.17, 15) is 4.79 Å². The Morgan fingerprint density at radius 2 is 2.38 bits per heavy atom. The third kappa shape index (κ3) is 1.88. The maximum atomic E-state index is 11.8. The molecule has 86 valence electrons. The van der Waals surface area contributed by atoms with Crippen LogP contribution in [0.1, 0.15) is 22.3 Å². The molecule has 0 radical (unpaired) electrons. The third-order valence-corrected chi connectivity index (χ3v) is 2.90. The van der Waals surface area contributed by atoms with Crippen LogP contribution in [0.15, 0.2) is 18.2 Å². The Balaban J connectivity index is 2.35. The topological polar surface area (TPSA) is 64.3 Å².